The van der Waals surface area contributed by atoms with Crippen molar-refractivity contribution in [3.05, 3.63) is 70.0 Å². The molecule has 23 heavy (non-hydrogen) atoms. The van der Waals surface area contributed by atoms with Crippen molar-refractivity contribution in [2.75, 3.05) is 0 Å². The number of nitro groups is 1. The molecule has 2 N–H and O–H groups in total. The van der Waals surface area contributed by atoms with Crippen LogP contribution in [0.25, 0.3) is 0 Å². The monoisotopic (exact) mass is 321 g/mol. The van der Waals surface area contributed by atoms with E-state index >= 15 is 0 Å². The maximum absolute atomic E-state index is 13.2. The van der Waals surface area contributed by atoms with Gasteiger partial charge in [-0.3, -0.25) is 10.1 Å². The molecule has 2 atom stereocenters. The fourth-order valence-corrected chi connectivity index (χ4v) is 1.96. The van der Waals surface area contributed by atoms with Crippen molar-refractivity contribution in [1.29, 1.82) is 0 Å². The second-order valence-corrected chi connectivity index (χ2v) is 4.60. The minimum absolute atomic E-state index is 0.307. The zero-order valence-electron chi connectivity index (χ0n) is 11.6. The number of benzene rings is 2. The third-order valence-electron chi connectivity index (χ3n) is 3.04. The minimum Gasteiger partial charge on any atom is -0.479 e. The number of carboxylic acid groups (broad SMARTS) is 1. The van der Waals surface area contributed by atoms with Gasteiger partial charge in [-0.15, -0.1) is 0 Å². The number of carbonyl (C=O) groups is 1. The molecule has 2 unspecified atom stereocenters. The molecule has 0 aromatic heterocycles. The molecule has 120 valence electrons. The van der Waals surface area contributed by atoms with Crippen LogP contribution in [0.2, 0.25) is 0 Å². The molecule has 0 fully saturated rings. The number of aliphatic hydroxyl groups excluding tert-OH is 1. The van der Waals surface area contributed by atoms with Crippen LogP contribution in [0.15, 0.2) is 48.5 Å². The van der Waals surface area contributed by atoms with E-state index in [1.807, 2.05) is 0 Å². The van der Waals surface area contributed by atoms with Crippen molar-refractivity contribution in [3.63, 3.8) is 0 Å². The molecule has 0 amide bonds. The average Bonchev–Trinajstić information content (AvgIpc) is 2.53. The summed E-state index contributed by atoms with van der Waals surface area (Å²) in [5.74, 6) is -2.73. The summed E-state index contributed by atoms with van der Waals surface area (Å²) < 4.78 is 18.5. The lowest BCUT2D eigenvalue weighted by Crippen LogP contribution is -2.31. The molecule has 0 saturated heterocycles. The second kappa shape index (κ2) is 6.84. The summed E-state index contributed by atoms with van der Waals surface area (Å²) in [4.78, 5) is 21.2. The summed E-state index contributed by atoms with van der Waals surface area (Å²) in [5, 5.41) is 29.8. The van der Waals surface area contributed by atoms with Gasteiger partial charge in [0.1, 0.15) is 5.82 Å². The first-order chi connectivity index (χ1) is 10.9. The van der Waals surface area contributed by atoms with E-state index in [0.29, 0.717) is 11.6 Å². The highest BCUT2D eigenvalue weighted by molar-refractivity contribution is 5.73. The highest BCUT2D eigenvalue weighted by Gasteiger charge is 2.31. The highest BCUT2D eigenvalue weighted by Crippen LogP contribution is 2.33. The highest BCUT2D eigenvalue weighted by atomic mass is 19.1. The smallest absolute Gasteiger partial charge is 0.336 e. The first kappa shape index (κ1) is 16.4. The van der Waals surface area contributed by atoms with Gasteiger partial charge in [0, 0.05) is 0 Å². The third kappa shape index (κ3) is 3.80. The maximum Gasteiger partial charge on any atom is 0.336 e. The molecular formula is C15H12FNO6. The molecule has 0 heterocycles. The van der Waals surface area contributed by atoms with Crippen molar-refractivity contribution in [1.82, 2.24) is 0 Å². The summed E-state index contributed by atoms with van der Waals surface area (Å²) in [6, 6.07) is 10.5. The number of halogens is 1. The molecule has 0 radical (unpaired) electrons. The molecule has 0 spiro atoms. The molecule has 0 saturated carbocycles. The zero-order valence-corrected chi connectivity index (χ0v) is 11.6. The van der Waals surface area contributed by atoms with Crippen LogP contribution in [0.5, 0.6) is 5.75 Å². The van der Waals surface area contributed by atoms with Crippen molar-refractivity contribution >= 4 is 11.7 Å². The van der Waals surface area contributed by atoms with Crippen LogP contribution in [0.1, 0.15) is 11.7 Å². The van der Waals surface area contributed by atoms with Gasteiger partial charge in [0.15, 0.2) is 18.0 Å². The summed E-state index contributed by atoms with van der Waals surface area (Å²) in [5.41, 5.74) is -0.357. The first-order valence-electron chi connectivity index (χ1n) is 6.46. The molecule has 2 rings (SSSR count). The molecule has 0 aliphatic carbocycles. The van der Waals surface area contributed by atoms with Crippen LogP contribution in [0, 0.1) is 15.9 Å². The SMILES string of the molecule is O=C(O)C(O)C(Oc1ccc(F)cc1[N+](=O)[O-])c1ccccc1. The lowest BCUT2D eigenvalue weighted by atomic mass is 10.0. The Kier molecular flexibility index (Phi) is 4.87. The molecule has 8 heteroatoms. The molecular weight excluding hydrogens is 309 g/mol. The fourth-order valence-electron chi connectivity index (χ4n) is 1.96. The van der Waals surface area contributed by atoms with Crippen molar-refractivity contribution in [2.24, 2.45) is 0 Å². The van der Waals surface area contributed by atoms with Gasteiger partial charge in [0.2, 0.25) is 0 Å². The number of nitro benzene ring substituents is 1. The van der Waals surface area contributed by atoms with Crippen molar-refractivity contribution < 1.29 is 29.1 Å². The number of ether oxygens (including phenoxy) is 1. The lowest BCUT2D eigenvalue weighted by molar-refractivity contribution is -0.386. The Morgan fingerprint density at radius 1 is 1.22 bits per heavy atom. The Labute approximate surface area is 129 Å². The van der Waals surface area contributed by atoms with Gasteiger partial charge in [0.25, 0.3) is 0 Å². The molecule has 7 nitrogen and oxygen atoms in total. The van der Waals surface area contributed by atoms with E-state index in [4.69, 9.17) is 9.84 Å². The van der Waals surface area contributed by atoms with Gasteiger partial charge in [-0.05, 0) is 17.7 Å². The Morgan fingerprint density at radius 3 is 2.43 bits per heavy atom. The van der Waals surface area contributed by atoms with Crippen LogP contribution < -0.4 is 4.74 Å². The van der Waals surface area contributed by atoms with Crippen molar-refractivity contribution in [2.45, 2.75) is 12.2 Å². The molecule has 2 aromatic carbocycles. The van der Waals surface area contributed by atoms with E-state index in [0.717, 1.165) is 12.1 Å². The van der Waals surface area contributed by atoms with Gasteiger partial charge in [0.05, 0.1) is 11.0 Å². The van der Waals surface area contributed by atoms with Crippen LogP contribution in [-0.4, -0.2) is 27.2 Å². The van der Waals surface area contributed by atoms with Gasteiger partial charge < -0.3 is 14.9 Å². The number of nitrogens with zero attached hydrogens (tertiary/aromatic N) is 1. The Morgan fingerprint density at radius 2 is 1.87 bits per heavy atom. The Balaban J connectivity index is 2.43. The van der Waals surface area contributed by atoms with Gasteiger partial charge in [-0.2, -0.15) is 0 Å². The van der Waals surface area contributed by atoms with Crippen LogP contribution in [-0.2, 0) is 4.79 Å². The van der Waals surface area contributed by atoms with E-state index in [1.165, 1.54) is 12.1 Å². The molecule has 2 aromatic rings. The first-order valence-corrected chi connectivity index (χ1v) is 6.46. The average molecular weight is 321 g/mol. The van der Waals surface area contributed by atoms with Gasteiger partial charge >= 0.3 is 11.7 Å². The molecule has 0 aliphatic rings. The summed E-state index contributed by atoms with van der Waals surface area (Å²) in [7, 11) is 0. The number of hydrogen-bond acceptors (Lipinski definition) is 5. The second-order valence-electron chi connectivity index (χ2n) is 4.60. The summed E-state index contributed by atoms with van der Waals surface area (Å²) >= 11 is 0. The molecule has 0 bridgehead atoms. The molecule has 0 aliphatic heterocycles. The largest absolute Gasteiger partial charge is 0.479 e. The van der Waals surface area contributed by atoms with Crippen LogP contribution in [0.4, 0.5) is 10.1 Å². The zero-order chi connectivity index (χ0) is 17.0. The number of rotatable bonds is 6. The standard InChI is InChI=1S/C15H12FNO6/c16-10-6-7-12(11(8-10)17(21)22)23-14(13(18)15(19)20)9-4-2-1-3-5-9/h1-8,13-14,18H,(H,19,20). The minimum atomic E-state index is -1.96. The number of hydrogen-bond donors (Lipinski definition) is 2. The van der Waals surface area contributed by atoms with Gasteiger partial charge in [-0.25, -0.2) is 9.18 Å². The van der Waals surface area contributed by atoms with E-state index in [9.17, 15) is 24.4 Å². The Hall–Kier alpha value is -3.00. The Bertz CT molecular complexity index is 721. The maximum atomic E-state index is 13.2. The van der Waals surface area contributed by atoms with Gasteiger partial charge in [-0.1, -0.05) is 30.3 Å². The number of aliphatic carboxylic acids is 1. The quantitative estimate of drug-likeness (QED) is 0.624. The van der Waals surface area contributed by atoms with E-state index in [2.05, 4.69) is 0 Å². The summed E-state index contributed by atoms with van der Waals surface area (Å²) in [6.07, 6.45) is -3.35. The van der Waals surface area contributed by atoms with E-state index in [1.54, 1.807) is 18.2 Å². The predicted octanol–water partition coefficient (Wildman–Crippen LogP) is 2.30. The topological polar surface area (TPSA) is 110 Å². The number of aliphatic hydroxyl groups is 1. The lowest BCUT2D eigenvalue weighted by Gasteiger charge is -2.22. The number of carboxylic acids is 1. The fraction of sp³-hybridized carbons (Fsp3) is 0.133. The normalized spacial score (nSPS) is 13.1. The van der Waals surface area contributed by atoms with Crippen LogP contribution >= 0.6 is 0 Å². The predicted molar refractivity (Wildman–Crippen MR) is 76.5 cm³/mol. The van der Waals surface area contributed by atoms with Crippen LogP contribution in [0.3, 0.4) is 0 Å². The van der Waals surface area contributed by atoms with E-state index < -0.39 is 34.6 Å². The van der Waals surface area contributed by atoms with E-state index in [-0.39, 0.29) is 5.75 Å². The summed E-state index contributed by atoms with van der Waals surface area (Å²) in [6.45, 7) is 0. The third-order valence-corrected chi connectivity index (χ3v) is 3.04. The van der Waals surface area contributed by atoms with Crippen molar-refractivity contribution in [3.8, 4) is 5.75 Å².